The fourth-order valence-corrected chi connectivity index (χ4v) is 1.66. The van der Waals surface area contributed by atoms with Crippen LogP contribution in [-0.4, -0.2) is 24.1 Å². The van der Waals surface area contributed by atoms with E-state index in [1.807, 2.05) is 6.92 Å². The van der Waals surface area contributed by atoms with Crippen molar-refractivity contribution < 1.29 is 23.8 Å². The largest absolute Gasteiger partial charge is 0.497 e. The number of anilines is 1. The van der Waals surface area contributed by atoms with Gasteiger partial charge in [0.15, 0.2) is 5.76 Å². The first-order valence-electron chi connectivity index (χ1n) is 5.80. The van der Waals surface area contributed by atoms with E-state index in [4.69, 9.17) is 14.3 Å². The summed E-state index contributed by atoms with van der Waals surface area (Å²) in [4.78, 5) is 22.6. The molecule has 1 aromatic heterocycles. The van der Waals surface area contributed by atoms with Crippen LogP contribution in [0.5, 0.6) is 5.75 Å². The Labute approximate surface area is 115 Å². The number of hydrogen-bond acceptors (Lipinski definition) is 4. The molecule has 2 N–H and O–H groups in total. The minimum absolute atomic E-state index is 0.0578. The molecule has 0 unspecified atom stereocenters. The standard InChI is InChI=1S/C14H13NO5/c1-8-7-9(19-2)3-4-10(8)15-13(16)11-5-6-12(20-11)14(17)18/h3-7H,1-2H3,(H,15,16)(H,17,18). The van der Waals surface area contributed by atoms with Crippen LogP contribution in [0.2, 0.25) is 0 Å². The number of carbonyl (C=O) groups excluding carboxylic acids is 1. The van der Waals surface area contributed by atoms with Gasteiger partial charge in [-0.05, 0) is 42.8 Å². The van der Waals surface area contributed by atoms with E-state index in [-0.39, 0.29) is 11.5 Å². The molecule has 0 spiro atoms. The number of furan rings is 1. The molecule has 104 valence electrons. The van der Waals surface area contributed by atoms with Gasteiger partial charge in [-0.1, -0.05) is 0 Å². The van der Waals surface area contributed by atoms with E-state index >= 15 is 0 Å². The van der Waals surface area contributed by atoms with Gasteiger partial charge in [0.05, 0.1) is 7.11 Å². The Balaban J connectivity index is 2.16. The molecule has 6 nitrogen and oxygen atoms in total. The van der Waals surface area contributed by atoms with Crippen molar-refractivity contribution in [2.75, 3.05) is 12.4 Å². The average molecular weight is 275 g/mol. The molecular formula is C14H13NO5. The summed E-state index contributed by atoms with van der Waals surface area (Å²) < 4.78 is 10.0. The number of hydrogen-bond donors (Lipinski definition) is 2. The molecule has 0 aliphatic rings. The molecule has 1 aromatic carbocycles. The zero-order chi connectivity index (χ0) is 14.7. The van der Waals surface area contributed by atoms with E-state index in [1.54, 1.807) is 25.3 Å². The van der Waals surface area contributed by atoms with E-state index in [0.717, 1.165) is 5.56 Å². The minimum Gasteiger partial charge on any atom is -0.497 e. The van der Waals surface area contributed by atoms with Crippen molar-refractivity contribution in [3.63, 3.8) is 0 Å². The zero-order valence-electron chi connectivity index (χ0n) is 11.0. The highest BCUT2D eigenvalue weighted by Gasteiger charge is 2.15. The predicted molar refractivity (Wildman–Crippen MR) is 71.4 cm³/mol. The number of rotatable bonds is 4. The quantitative estimate of drug-likeness (QED) is 0.895. The number of aryl methyl sites for hydroxylation is 1. The normalized spacial score (nSPS) is 10.1. The SMILES string of the molecule is COc1ccc(NC(=O)c2ccc(C(=O)O)o2)c(C)c1. The second-order valence-electron chi connectivity index (χ2n) is 4.10. The summed E-state index contributed by atoms with van der Waals surface area (Å²) in [5.41, 5.74) is 1.42. The monoisotopic (exact) mass is 275 g/mol. The van der Waals surface area contributed by atoms with Gasteiger partial charge in [0.1, 0.15) is 5.75 Å². The van der Waals surface area contributed by atoms with Gasteiger partial charge in [0.2, 0.25) is 5.76 Å². The summed E-state index contributed by atoms with van der Waals surface area (Å²) >= 11 is 0. The summed E-state index contributed by atoms with van der Waals surface area (Å²) in [7, 11) is 1.56. The molecular weight excluding hydrogens is 262 g/mol. The van der Waals surface area contributed by atoms with Crippen LogP contribution in [0.1, 0.15) is 26.7 Å². The van der Waals surface area contributed by atoms with Crippen LogP contribution in [0.3, 0.4) is 0 Å². The summed E-state index contributed by atoms with van der Waals surface area (Å²) in [5, 5.41) is 11.4. The number of amides is 1. The highest BCUT2D eigenvalue weighted by Crippen LogP contribution is 2.22. The Morgan fingerprint density at radius 3 is 2.45 bits per heavy atom. The maximum atomic E-state index is 11.9. The molecule has 0 atom stereocenters. The van der Waals surface area contributed by atoms with Crippen LogP contribution in [0.4, 0.5) is 5.69 Å². The Hall–Kier alpha value is -2.76. The molecule has 6 heteroatoms. The summed E-state index contributed by atoms with van der Waals surface area (Å²) in [6, 6.07) is 7.75. The van der Waals surface area contributed by atoms with Crippen molar-refractivity contribution in [3.05, 3.63) is 47.4 Å². The molecule has 0 fully saturated rings. The lowest BCUT2D eigenvalue weighted by molar-refractivity contribution is 0.0660. The average Bonchev–Trinajstić information content (AvgIpc) is 2.91. The van der Waals surface area contributed by atoms with Crippen LogP contribution in [0, 0.1) is 6.92 Å². The maximum Gasteiger partial charge on any atom is 0.371 e. The van der Waals surface area contributed by atoms with Gasteiger partial charge in [-0.2, -0.15) is 0 Å². The second-order valence-corrected chi connectivity index (χ2v) is 4.10. The number of ether oxygens (including phenoxy) is 1. The van der Waals surface area contributed by atoms with Crippen molar-refractivity contribution in [1.29, 1.82) is 0 Å². The molecule has 0 bridgehead atoms. The van der Waals surface area contributed by atoms with Gasteiger partial charge in [0, 0.05) is 5.69 Å². The first-order valence-corrected chi connectivity index (χ1v) is 5.80. The van der Waals surface area contributed by atoms with Crippen molar-refractivity contribution in [3.8, 4) is 5.75 Å². The van der Waals surface area contributed by atoms with Crippen LogP contribution in [-0.2, 0) is 0 Å². The fraction of sp³-hybridized carbons (Fsp3) is 0.143. The number of aromatic carboxylic acids is 1. The van der Waals surface area contributed by atoms with Crippen molar-refractivity contribution in [1.82, 2.24) is 0 Å². The Morgan fingerprint density at radius 1 is 1.20 bits per heavy atom. The van der Waals surface area contributed by atoms with Gasteiger partial charge in [0.25, 0.3) is 5.91 Å². The lowest BCUT2D eigenvalue weighted by Crippen LogP contribution is -2.12. The fourth-order valence-electron chi connectivity index (χ4n) is 1.66. The topological polar surface area (TPSA) is 88.8 Å². The number of carbonyl (C=O) groups is 2. The third kappa shape index (κ3) is 2.80. The van der Waals surface area contributed by atoms with Crippen LogP contribution in [0.15, 0.2) is 34.7 Å². The molecule has 2 aromatic rings. The Kier molecular flexibility index (Phi) is 3.74. The molecule has 0 saturated carbocycles. The van der Waals surface area contributed by atoms with Gasteiger partial charge in [-0.25, -0.2) is 4.79 Å². The van der Waals surface area contributed by atoms with Crippen molar-refractivity contribution in [2.24, 2.45) is 0 Å². The van der Waals surface area contributed by atoms with Crippen molar-refractivity contribution >= 4 is 17.6 Å². The highest BCUT2D eigenvalue weighted by atomic mass is 16.5. The van der Waals surface area contributed by atoms with Crippen LogP contribution < -0.4 is 10.1 Å². The number of benzene rings is 1. The van der Waals surface area contributed by atoms with Gasteiger partial charge in [-0.15, -0.1) is 0 Å². The number of carboxylic acids is 1. The van der Waals surface area contributed by atoms with E-state index in [0.29, 0.717) is 11.4 Å². The summed E-state index contributed by atoms with van der Waals surface area (Å²) in [6.07, 6.45) is 0. The van der Waals surface area contributed by atoms with Crippen LogP contribution >= 0.6 is 0 Å². The first-order chi connectivity index (χ1) is 9.51. The third-order valence-corrected chi connectivity index (χ3v) is 2.72. The molecule has 1 heterocycles. The minimum atomic E-state index is -1.22. The molecule has 0 radical (unpaired) electrons. The van der Waals surface area contributed by atoms with Crippen LogP contribution in [0.25, 0.3) is 0 Å². The molecule has 0 aliphatic heterocycles. The second kappa shape index (κ2) is 5.48. The molecule has 0 aliphatic carbocycles. The lowest BCUT2D eigenvalue weighted by Gasteiger charge is -2.08. The molecule has 0 saturated heterocycles. The van der Waals surface area contributed by atoms with E-state index in [1.165, 1.54) is 12.1 Å². The number of nitrogens with one attached hydrogen (secondary N) is 1. The summed E-state index contributed by atoms with van der Waals surface area (Å²) in [5.74, 6) is -1.37. The van der Waals surface area contributed by atoms with E-state index in [2.05, 4.69) is 5.32 Å². The Morgan fingerprint density at radius 2 is 1.90 bits per heavy atom. The third-order valence-electron chi connectivity index (χ3n) is 2.72. The molecule has 2 rings (SSSR count). The highest BCUT2D eigenvalue weighted by molar-refractivity contribution is 6.03. The smallest absolute Gasteiger partial charge is 0.371 e. The first kappa shape index (κ1) is 13.7. The number of carboxylic acid groups (broad SMARTS) is 1. The summed E-state index contributed by atoms with van der Waals surface area (Å²) in [6.45, 7) is 1.82. The van der Waals surface area contributed by atoms with E-state index in [9.17, 15) is 9.59 Å². The lowest BCUT2D eigenvalue weighted by atomic mass is 10.2. The van der Waals surface area contributed by atoms with Gasteiger partial charge >= 0.3 is 5.97 Å². The maximum absolute atomic E-state index is 11.9. The zero-order valence-corrected chi connectivity index (χ0v) is 11.0. The predicted octanol–water partition coefficient (Wildman–Crippen LogP) is 2.55. The van der Waals surface area contributed by atoms with Gasteiger partial charge < -0.3 is 19.6 Å². The Bertz CT molecular complexity index is 659. The number of methoxy groups -OCH3 is 1. The van der Waals surface area contributed by atoms with Crippen molar-refractivity contribution in [2.45, 2.75) is 6.92 Å². The molecule has 1 amide bonds. The van der Waals surface area contributed by atoms with Gasteiger partial charge in [-0.3, -0.25) is 4.79 Å². The molecule has 20 heavy (non-hydrogen) atoms. The van der Waals surface area contributed by atoms with E-state index < -0.39 is 11.9 Å².